The van der Waals surface area contributed by atoms with E-state index in [1.54, 1.807) is 7.11 Å². The van der Waals surface area contributed by atoms with Crippen LogP contribution in [-0.4, -0.2) is 17.9 Å². The number of methoxy groups -OCH3 is 1. The molecule has 0 aliphatic rings. The molecule has 134 valence electrons. The van der Waals surface area contributed by atoms with Crippen molar-refractivity contribution in [2.24, 2.45) is 4.99 Å². The first-order chi connectivity index (χ1) is 12.4. The van der Waals surface area contributed by atoms with Crippen LogP contribution in [0.15, 0.2) is 65.8 Å². The Morgan fingerprint density at radius 3 is 2.19 bits per heavy atom. The summed E-state index contributed by atoms with van der Waals surface area (Å²) >= 11 is 0. The van der Waals surface area contributed by atoms with E-state index in [1.807, 2.05) is 18.3 Å². The van der Waals surface area contributed by atoms with Crippen LogP contribution in [0, 0.1) is 6.92 Å². The third-order valence-corrected chi connectivity index (χ3v) is 4.48. The number of rotatable bonds is 4. The molecular weight excluding hydrogens is 320 g/mol. The first kappa shape index (κ1) is 18.0. The fourth-order valence-corrected chi connectivity index (χ4v) is 2.89. The van der Waals surface area contributed by atoms with Gasteiger partial charge in [-0.15, -0.1) is 0 Å². The van der Waals surface area contributed by atoms with E-state index >= 15 is 0 Å². The molecule has 0 radical (unpaired) electrons. The van der Waals surface area contributed by atoms with E-state index in [0.29, 0.717) is 0 Å². The van der Waals surface area contributed by atoms with Crippen molar-refractivity contribution < 1.29 is 4.74 Å². The molecule has 0 N–H and O–H groups in total. The summed E-state index contributed by atoms with van der Waals surface area (Å²) in [5.74, 6) is 0.860. The molecule has 1 aromatic heterocycles. The second kappa shape index (κ2) is 7.20. The van der Waals surface area contributed by atoms with Crippen LogP contribution < -0.4 is 4.74 Å². The highest BCUT2D eigenvalue weighted by Gasteiger charge is 2.12. The van der Waals surface area contributed by atoms with Gasteiger partial charge in [-0.2, -0.15) is 0 Å². The zero-order chi connectivity index (χ0) is 18.7. The number of nitrogens with zero attached hydrogens (tertiary/aromatic N) is 2. The smallest absolute Gasteiger partial charge is 0.119 e. The second-order valence-electron chi connectivity index (χ2n) is 7.54. The fourth-order valence-electron chi connectivity index (χ4n) is 2.89. The molecular formula is C23H26N2O. The first-order valence-electron chi connectivity index (χ1n) is 8.85. The molecule has 0 bridgehead atoms. The number of aryl methyl sites for hydroxylation is 1. The molecule has 2 aromatic carbocycles. The number of aliphatic imine (C=N–C) groups is 1. The average molecular weight is 346 g/mol. The van der Waals surface area contributed by atoms with Gasteiger partial charge in [0.1, 0.15) is 5.75 Å². The fraction of sp³-hybridized carbons (Fsp3) is 0.261. The Balaban J connectivity index is 1.79. The minimum absolute atomic E-state index is 0.162. The van der Waals surface area contributed by atoms with Crippen molar-refractivity contribution in [2.45, 2.75) is 33.1 Å². The number of ether oxygens (including phenoxy) is 1. The van der Waals surface area contributed by atoms with Crippen LogP contribution in [0.5, 0.6) is 5.75 Å². The van der Waals surface area contributed by atoms with E-state index in [-0.39, 0.29) is 5.41 Å². The molecule has 0 amide bonds. The van der Waals surface area contributed by atoms with Crippen molar-refractivity contribution in [3.63, 3.8) is 0 Å². The molecule has 0 atom stereocenters. The van der Waals surface area contributed by atoms with E-state index < -0.39 is 0 Å². The minimum Gasteiger partial charge on any atom is -0.497 e. The predicted octanol–water partition coefficient (Wildman–Crippen LogP) is 5.84. The SMILES string of the molecule is COc1ccc(-n2cc(C=Nc3ccc(C(C)(C)C)cc3)cc2C)cc1. The molecule has 26 heavy (non-hydrogen) atoms. The highest BCUT2D eigenvalue weighted by Crippen LogP contribution is 2.24. The van der Waals surface area contributed by atoms with Crippen LogP contribution in [0.4, 0.5) is 5.69 Å². The molecule has 0 saturated carbocycles. The van der Waals surface area contributed by atoms with Crippen LogP contribution in [0.2, 0.25) is 0 Å². The van der Waals surface area contributed by atoms with Gasteiger partial charge >= 0.3 is 0 Å². The van der Waals surface area contributed by atoms with E-state index in [4.69, 9.17) is 4.74 Å². The summed E-state index contributed by atoms with van der Waals surface area (Å²) in [7, 11) is 1.68. The van der Waals surface area contributed by atoms with Gasteiger partial charge in [-0.1, -0.05) is 32.9 Å². The summed E-state index contributed by atoms with van der Waals surface area (Å²) in [5.41, 5.74) is 5.80. The molecule has 3 nitrogen and oxygen atoms in total. The summed E-state index contributed by atoms with van der Waals surface area (Å²) in [6.07, 6.45) is 4.02. The van der Waals surface area contributed by atoms with E-state index in [2.05, 4.69) is 85.9 Å². The number of aromatic nitrogens is 1. The average Bonchev–Trinajstić information content (AvgIpc) is 3.00. The van der Waals surface area contributed by atoms with Crippen molar-refractivity contribution in [3.8, 4) is 11.4 Å². The molecule has 0 saturated heterocycles. The van der Waals surface area contributed by atoms with E-state index in [1.165, 1.54) is 11.3 Å². The third-order valence-electron chi connectivity index (χ3n) is 4.48. The standard InChI is InChI=1S/C23H26N2O/c1-17-14-18(16-25(17)21-10-12-22(26-5)13-11-21)15-24-20-8-6-19(7-9-20)23(2,3)4/h6-16H,1-5H3. The zero-order valence-electron chi connectivity index (χ0n) is 16.2. The molecule has 1 heterocycles. The summed E-state index contributed by atoms with van der Waals surface area (Å²) in [5, 5.41) is 0. The van der Waals surface area contributed by atoms with Gasteiger partial charge < -0.3 is 9.30 Å². The van der Waals surface area contributed by atoms with Crippen LogP contribution in [-0.2, 0) is 5.41 Å². The Hall–Kier alpha value is -2.81. The zero-order valence-corrected chi connectivity index (χ0v) is 16.2. The van der Waals surface area contributed by atoms with Gasteiger partial charge in [-0.3, -0.25) is 4.99 Å². The maximum atomic E-state index is 5.23. The first-order valence-corrected chi connectivity index (χ1v) is 8.85. The van der Waals surface area contributed by atoms with Crippen molar-refractivity contribution in [2.75, 3.05) is 7.11 Å². The Morgan fingerprint density at radius 2 is 1.62 bits per heavy atom. The lowest BCUT2D eigenvalue weighted by atomic mass is 9.87. The lowest BCUT2D eigenvalue weighted by Crippen LogP contribution is -2.10. The lowest BCUT2D eigenvalue weighted by Gasteiger charge is -2.18. The summed E-state index contributed by atoms with van der Waals surface area (Å²) < 4.78 is 7.38. The molecule has 0 unspecified atom stereocenters. The van der Waals surface area contributed by atoms with E-state index in [0.717, 1.165) is 22.7 Å². The molecule has 0 aliphatic carbocycles. The largest absolute Gasteiger partial charge is 0.497 e. The summed E-state index contributed by atoms with van der Waals surface area (Å²) in [4.78, 5) is 4.62. The maximum absolute atomic E-state index is 5.23. The van der Waals surface area contributed by atoms with Crippen molar-refractivity contribution in [1.29, 1.82) is 0 Å². The van der Waals surface area contributed by atoms with Crippen molar-refractivity contribution in [1.82, 2.24) is 4.57 Å². The van der Waals surface area contributed by atoms with Gasteiger partial charge in [0.05, 0.1) is 12.8 Å². The van der Waals surface area contributed by atoms with Crippen LogP contribution in [0.1, 0.15) is 37.6 Å². The second-order valence-corrected chi connectivity index (χ2v) is 7.54. The molecule has 0 aliphatic heterocycles. The van der Waals surface area contributed by atoms with Gasteiger partial charge in [0.25, 0.3) is 0 Å². The van der Waals surface area contributed by atoms with Gasteiger partial charge in [0.15, 0.2) is 0 Å². The predicted molar refractivity (Wildman–Crippen MR) is 109 cm³/mol. The van der Waals surface area contributed by atoms with Gasteiger partial charge in [0, 0.05) is 29.4 Å². The van der Waals surface area contributed by atoms with Crippen molar-refractivity contribution >= 4 is 11.9 Å². The van der Waals surface area contributed by atoms with Crippen LogP contribution in [0.3, 0.4) is 0 Å². The highest BCUT2D eigenvalue weighted by molar-refractivity contribution is 5.82. The van der Waals surface area contributed by atoms with Gasteiger partial charge in [0.2, 0.25) is 0 Å². The Bertz CT molecular complexity index is 895. The number of hydrogen-bond acceptors (Lipinski definition) is 2. The molecule has 3 rings (SSSR count). The monoisotopic (exact) mass is 346 g/mol. The molecule has 3 aromatic rings. The maximum Gasteiger partial charge on any atom is 0.119 e. The molecule has 0 spiro atoms. The lowest BCUT2D eigenvalue weighted by molar-refractivity contribution is 0.414. The Kier molecular flexibility index (Phi) is 4.99. The summed E-state index contributed by atoms with van der Waals surface area (Å²) in [6.45, 7) is 8.75. The number of benzene rings is 2. The molecule has 0 fully saturated rings. The highest BCUT2D eigenvalue weighted by atomic mass is 16.5. The normalized spacial score (nSPS) is 11.9. The Labute approximate surface area is 156 Å². The van der Waals surface area contributed by atoms with Gasteiger partial charge in [-0.05, 0) is 60.4 Å². The third kappa shape index (κ3) is 4.05. The summed E-state index contributed by atoms with van der Waals surface area (Å²) in [6, 6.07) is 18.6. The quantitative estimate of drug-likeness (QED) is 0.545. The van der Waals surface area contributed by atoms with E-state index in [9.17, 15) is 0 Å². The minimum atomic E-state index is 0.162. The Morgan fingerprint density at radius 1 is 0.962 bits per heavy atom. The topological polar surface area (TPSA) is 26.5 Å². The van der Waals surface area contributed by atoms with Gasteiger partial charge in [-0.25, -0.2) is 0 Å². The number of hydrogen-bond donors (Lipinski definition) is 0. The van der Waals surface area contributed by atoms with Crippen LogP contribution in [0.25, 0.3) is 5.69 Å². The van der Waals surface area contributed by atoms with Crippen LogP contribution >= 0.6 is 0 Å². The van der Waals surface area contributed by atoms with Crippen molar-refractivity contribution in [3.05, 3.63) is 77.6 Å². The molecule has 3 heteroatoms.